The highest BCUT2D eigenvalue weighted by Gasteiger charge is 2.27. The van der Waals surface area contributed by atoms with Crippen LogP contribution < -0.4 is 5.32 Å². The maximum Gasteiger partial charge on any atom is 0.226 e. The summed E-state index contributed by atoms with van der Waals surface area (Å²) in [6.07, 6.45) is 2.35. The zero-order chi connectivity index (χ0) is 17.3. The highest BCUT2D eigenvalue weighted by Crippen LogP contribution is 2.26. The predicted octanol–water partition coefficient (Wildman–Crippen LogP) is 2.43. The lowest BCUT2D eigenvalue weighted by molar-refractivity contribution is -0.120. The molecule has 1 atom stereocenters. The number of carbonyl (C=O) groups excluding carboxylic acids is 1. The Hall–Kier alpha value is -2.08. The number of carbonyl (C=O) groups is 1. The number of amides is 1. The lowest BCUT2D eigenvalue weighted by atomic mass is 10.2. The first-order valence-corrected chi connectivity index (χ1v) is 8.57. The molecule has 3 heterocycles. The smallest absolute Gasteiger partial charge is 0.226 e. The summed E-state index contributed by atoms with van der Waals surface area (Å²) in [5.41, 5.74) is 0.839. The van der Waals surface area contributed by atoms with Gasteiger partial charge in [0.25, 0.3) is 0 Å². The SMILES string of the molecule is Cc1ccc(CN2CCn3cc(CC(=O)NC(C)C)nc3[C@@H]2C)o1. The molecule has 130 valence electrons. The van der Waals surface area contributed by atoms with Gasteiger partial charge in [0.15, 0.2) is 0 Å². The van der Waals surface area contributed by atoms with E-state index in [0.717, 1.165) is 42.7 Å². The Labute approximate surface area is 142 Å². The molecule has 0 unspecified atom stereocenters. The van der Waals surface area contributed by atoms with Crippen LogP contribution in [0.25, 0.3) is 0 Å². The molecule has 0 fully saturated rings. The topological polar surface area (TPSA) is 63.3 Å². The number of aromatic nitrogens is 2. The van der Waals surface area contributed by atoms with Gasteiger partial charge in [-0.15, -0.1) is 0 Å². The standard InChI is InChI=1S/C18H26N4O2/c1-12(2)19-17(23)9-15-10-22-8-7-21(14(4)18(22)20-15)11-16-6-5-13(3)24-16/h5-6,10,12,14H,7-9,11H2,1-4H3,(H,19,23)/t14-/m0/s1. The summed E-state index contributed by atoms with van der Waals surface area (Å²) >= 11 is 0. The first-order chi connectivity index (χ1) is 11.4. The molecule has 6 nitrogen and oxygen atoms in total. The van der Waals surface area contributed by atoms with E-state index in [0.29, 0.717) is 6.42 Å². The van der Waals surface area contributed by atoms with Gasteiger partial charge in [0.1, 0.15) is 17.3 Å². The van der Waals surface area contributed by atoms with E-state index in [-0.39, 0.29) is 18.0 Å². The molecule has 0 spiro atoms. The zero-order valence-electron chi connectivity index (χ0n) is 14.9. The van der Waals surface area contributed by atoms with Crippen LogP contribution in [0.15, 0.2) is 22.7 Å². The van der Waals surface area contributed by atoms with Crippen LogP contribution in [0.5, 0.6) is 0 Å². The number of furan rings is 1. The normalized spacial score (nSPS) is 18.0. The van der Waals surface area contributed by atoms with Gasteiger partial charge >= 0.3 is 0 Å². The largest absolute Gasteiger partial charge is 0.465 e. The van der Waals surface area contributed by atoms with Crippen LogP contribution in [-0.4, -0.2) is 32.9 Å². The summed E-state index contributed by atoms with van der Waals surface area (Å²) in [7, 11) is 0. The predicted molar refractivity (Wildman–Crippen MR) is 91.5 cm³/mol. The minimum atomic E-state index is 0.0241. The molecule has 2 aromatic rings. The van der Waals surface area contributed by atoms with E-state index in [1.54, 1.807) is 0 Å². The summed E-state index contributed by atoms with van der Waals surface area (Å²) in [5, 5.41) is 2.92. The first kappa shape index (κ1) is 16.8. The quantitative estimate of drug-likeness (QED) is 0.914. The van der Waals surface area contributed by atoms with E-state index in [1.165, 1.54) is 0 Å². The molecular formula is C18H26N4O2. The van der Waals surface area contributed by atoms with Crippen LogP contribution >= 0.6 is 0 Å². The molecule has 0 bridgehead atoms. The van der Waals surface area contributed by atoms with Crippen LogP contribution in [0, 0.1) is 6.92 Å². The Morgan fingerprint density at radius 2 is 2.21 bits per heavy atom. The second-order valence-electron chi connectivity index (χ2n) is 6.84. The molecule has 2 aromatic heterocycles. The van der Waals surface area contributed by atoms with Crippen molar-refractivity contribution < 1.29 is 9.21 Å². The van der Waals surface area contributed by atoms with E-state index in [9.17, 15) is 4.79 Å². The Morgan fingerprint density at radius 3 is 2.88 bits per heavy atom. The highest BCUT2D eigenvalue weighted by molar-refractivity contribution is 5.78. The average molecular weight is 330 g/mol. The van der Waals surface area contributed by atoms with Gasteiger partial charge in [-0.25, -0.2) is 4.98 Å². The third kappa shape index (κ3) is 3.70. The van der Waals surface area contributed by atoms with Crippen molar-refractivity contribution in [2.24, 2.45) is 0 Å². The highest BCUT2D eigenvalue weighted by atomic mass is 16.3. The van der Waals surface area contributed by atoms with Crippen molar-refractivity contribution in [1.82, 2.24) is 19.8 Å². The minimum Gasteiger partial charge on any atom is -0.465 e. The number of fused-ring (bicyclic) bond motifs is 1. The molecular weight excluding hydrogens is 304 g/mol. The summed E-state index contributed by atoms with van der Waals surface area (Å²) in [4.78, 5) is 19.0. The number of nitrogens with one attached hydrogen (secondary N) is 1. The molecule has 1 amide bonds. The molecule has 1 aliphatic rings. The van der Waals surface area contributed by atoms with Crippen molar-refractivity contribution in [3.8, 4) is 0 Å². The second kappa shape index (κ2) is 6.81. The van der Waals surface area contributed by atoms with Crippen molar-refractivity contribution in [2.45, 2.75) is 59.3 Å². The summed E-state index contributed by atoms with van der Waals surface area (Å²) in [6, 6.07) is 4.38. The fourth-order valence-electron chi connectivity index (χ4n) is 3.20. The monoisotopic (exact) mass is 330 g/mol. The lowest BCUT2D eigenvalue weighted by Gasteiger charge is -2.33. The summed E-state index contributed by atoms with van der Waals surface area (Å²) < 4.78 is 7.87. The van der Waals surface area contributed by atoms with Gasteiger partial charge < -0.3 is 14.3 Å². The third-order valence-electron chi connectivity index (χ3n) is 4.35. The molecule has 0 aromatic carbocycles. The van der Waals surface area contributed by atoms with Gasteiger partial charge in [-0.1, -0.05) is 0 Å². The molecule has 1 aliphatic heterocycles. The van der Waals surface area contributed by atoms with Crippen LogP contribution in [-0.2, 0) is 24.3 Å². The molecule has 24 heavy (non-hydrogen) atoms. The van der Waals surface area contributed by atoms with E-state index in [1.807, 2.05) is 39.1 Å². The average Bonchev–Trinajstić information content (AvgIpc) is 3.07. The van der Waals surface area contributed by atoms with E-state index < -0.39 is 0 Å². The van der Waals surface area contributed by atoms with E-state index in [4.69, 9.17) is 9.40 Å². The maximum atomic E-state index is 11.9. The molecule has 0 radical (unpaired) electrons. The Morgan fingerprint density at radius 1 is 1.42 bits per heavy atom. The van der Waals surface area contributed by atoms with Gasteiger partial charge in [0.05, 0.1) is 24.7 Å². The van der Waals surface area contributed by atoms with Gasteiger partial charge in [-0.2, -0.15) is 0 Å². The molecule has 0 aliphatic carbocycles. The second-order valence-corrected chi connectivity index (χ2v) is 6.84. The maximum absolute atomic E-state index is 11.9. The van der Waals surface area contributed by atoms with E-state index >= 15 is 0 Å². The van der Waals surface area contributed by atoms with Crippen molar-refractivity contribution >= 4 is 5.91 Å². The fourth-order valence-corrected chi connectivity index (χ4v) is 3.20. The van der Waals surface area contributed by atoms with Crippen molar-refractivity contribution in [2.75, 3.05) is 6.54 Å². The molecule has 0 saturated heterocycles. The van der Waals surface area contributed by atoms with E-state index in [2.05, 4.69) is 21.7 Å². The minimum absolute atomic E-state index is 0.0241. The number of hydrogen-bond donors (Lipinski definition) is 1. The first-order valence-electron chi connectivity index (χ1n) is 8.57. The number of aryl methyl sites for hydroxylation is 1. The van der Waals surface area contributed by atoms with Gasteiger partial charge in [0.2, 0.25) is 5.91 Å². The number of imidazole rings is 1. The number of hydrogen-bond acceptors (Lipinski definition) is 4. The van der Waals surface area contributed by atoms with Crippen molar-refractivity contribution in [3.63, 3.8) is 0 Å². The van der Waals surface area contributed by atoms with Gasteiger partial charge in [-0.05, 0) is 39.8 Å². The number of rotatable bonds is 5. The fraction of sp³-hybridized carbons (Fsp3) is 0.556. The van der Waals surface area contributed by atoms with Crippen molar-refractivity contribution in [1.29, 1.82) is 0 Å². The third-order valence-corrected chi connectivity index (χ3v) is 4.35. The Balaban J connectivity index is 1.68. The van der Waals surface area contributed by atoms with Crippen LogP contribution in [0.1, 0.15) is 49.9 Å². The Bertz CT molecular complexity index is 716. The summed E-state index contributed by atoms with van der Waals surface area (Å²) in [6.45, 7) is 10.7. The molecule has 1 N–H and O–H groups in total. The van der Waals surface area contributed by atoms with Crippen LogP contribution in [0.3, 0.4) is 0 Å². The molecule has 3 rings (SSSR count). The Kier molecular flexibility index (Phi) is 4.76. The zero-order valence-corrected chi connectivity index (χ0v) is 14.9. The lowest BCUT2D eigenvalue weighted by Crippen LogP contribution is -2.36. The van der Waals surface area contributed by atoms with Crippen molar-refractivity contribution in [3.05, 3.63) is 41.4 Å². The molecule has 0 saturated carbocycles. The van der Waals surface area contributed by atoms with Gasteiger partial charge in [-0.3, -0.25) is 9.69 Å². The van der Waals surface area contributed by atoms with Crippen LogP contribution in [0.2, 0.25) is 0 Å². The van der Waals surface area contributed by atoms with Gasteiger partial charge in [0, 0.05) is 25.3 Å². The number of nitrogens with zero attached hydrogens (tertiary/aromatic N) is 3. The molecule has 6 heteroatoms. The summed E-state index contributed by atoms with van der Waals surface area (Å²) in [5.74, 6) is 2.97. The van der Waals surface area contributed by atoms with Crippen LogP contribution in [0.4, 0.5) is 0 Å².